The van der Waals surface area contributed by atoms with Gasteiger partial charge in [-0.15, -0.1) is 0 Å². The molecule has 0 radical (unpaired) electrons. The van der Waals surface area contributed by atoms with Crippen molar-refractivity contribution in [3.8, 4) is 0 Å². The molecule has 0 saturated carbocycles. The first-order valence-electron chi connectivity index (χ1n) is 8.13. The summed E-state index contributed by atoms with van der Waals surface area (Å²) in [5.74, 6) is 0. The number of ether oxygens (including phenoxy) is 1. The van der Waals surface area contributed by atoms with Gasteiger partial charge in [0.2, 0.25) is 0 Å². The van der Waals surface area contributed by atoms with E-state index < -0.39 is 0 Å². The van der Waals surface area contributed by atoms with Gasteiger partial charge in [0.1, 0.15) is 0 Å². The van der Waals surface area contributed by atoms with Crippen molar-refractivity contribution in [2.45, 2.75) is 70.7 Å². The zero-order chi connectivity index (χ0) is 15.1. The van der Waals surface area contributed by atoms with Crippen LogP contribution in [0.15, 0.2) is 24.3 Å². The highest BCUT2D eigenvalue weighted by molar-refractivity contribution is 5.42. The van der Waals surface area contributed by atoms with Gasteiger partial charge in [-0.2, -0.15) is 5.06 Å². The Bertz CT molecular complexity index is 467. The standard InChI is InChI=1S/C18H27NO2/c1-17(2)14-10-7-8-11-15(14)18(3,4)19(17)21-16-12-6-5-9-13-20-16/h7-8,10-11,16H,5-6,9,12-13H2,1-4H3. The zero-order valence-corrected chi connectivity index (χ0v) is 13.7. The molecule has 116 valence electrons. The molecule has 0 N–H and O–H groups in total. The molecule has 3 heteroatoms. The van der Waals surface area contributed by atoms with Crippen LogP contribution in [-0.2, 0) is 20.7 Å². The molecular formula is C18H27NO2. The molecule has 1 saturated heterocycles. The highest BCUT2D eigenvalue weighted by Crippen LogP contribution is 2.49. The van der Waals surface area contributed by atoms with Crippen molar-refractivity contribution in [1.29, 1.82) is 0 Å². The summed E-state index contributed by atoms with van der Waals surface area (Å²) in [5, 5.41) is 2.15. The summed E-state index contributed by atoms with van der Waals surface area (Å²) >= 11 is 0. The van der Waals surface area contributed by atoms with Gasteiger partial charge in [0, 0.05) is 13.0 Å². The van der Waals surface area contributed by atoms with Crippen LogP contribution in [-0.4, -0.2) is 18.0 Å². The third-order valence-electron chi connectivity index (χ3n) is 4.87. The van der Waals surface area contributed by atoms with E-state index in [1.54, 1.807) is 0 Å². The lowest BCUT2D eigenvalue weighted by atomic mass is 9.91. The number of rotatable bonds is 2. The number of benzene rings is 1. The topological polar surface area (TPSA) is 21.7 Å². The summed E-state index contributed by atoms with van der Waals surface area (Å²) in [6, 6.07) is 8.66. The molecule has 2 heterocycles. The van der Waals surface area contributed by atoms with Crippen LogP contribution in [0.2, 0.25) is 0 Å². The van der Waals surface area contributed by atoms with Crippen LogP contribution in [0.1, 0.15) is 64.5 Å². The first-order chi connectivity index (χ1) is 9.94. The van der Waals surface area contributed by atoms with Crippen molar-refractivity contribution in [1.82, 2.24) is 5.06 Å². The fraction of sp³-hybridized carbons (Fsp3) is 0.667. The van der Waals surface area contributed by atoms with Gasteiger partial charge in [-0.05, 0) is 51.7 Å². The molecule has 0 amide bonds. The Kier molecular flexibility index (Phi) is 3.85. The van der Waals surface area contributed by atoms with Crippen LogP contribution >= 0.6 is 0 Å². The summed E-state index contributed by atoms with van der Waals surface area (Å²) in [6.45, 7) is 9.75. The van der Waals surface area contributed by atoms with Gasteiger partial charge in [0.05, 0.1) is 11.1 Å². The number of hydroxylamine groups is 2. The Labute approximate surface area is 128 Å². The Hall–Kier alpha value is -0.900. The van der Waals surface area contributed by atoms with E-state index in [1.807, 2.05) is 0 Å². The van der Waals surface area contributed by atoms with Gasteiger partial charge in [-0.3, -0.25) is 4.84 Å². The lowest BCUT2D eigenvalue weighted by Gasteiger charge is -2.41. The molecule has 0 aromatic heterocycles. The fourth-order valence-electron chi connectivity index (χ4n) is 3.82. The number of hydrogen-bond acceptors (Lipinski definition) is 3. The molecule has 1 fully saturated rings. The SMILES string of the molecule is CC1(C)c2ccccc2C(C)(C)N1OC1CCCCCO1. The van der Waals surface area contributed by atoms with Crippen LogP contribution in [0.5, 0.6) is 0 Å². The van der Waals surface area contributed by atoms with E-state index in [2.05, 4.69) is 57.0 Å². The van der Waals surface area contributed by atoms with Crippen LogP contribution in [0.4, 0.5) is 0 Å². The van der Waals surface area contributed by atoms with Crippen molar-refractivity contribution >= 4 is 0 Å². The first kappa shape index (κ1) is 15.0. The van der Waals surface area contributed by atoms with Crippen molar-refractivity contribution < 1.29 is 9.57 Å². The van der Waals surface area contributed by atoms with Crippen LogP contribution < -0.4 is 0 Å². The summed E-state index contributed by atoms with van der Waals surface area (Å²) in [4.78, 5) is 6.36. The average molecular weight is 289 g/mol. The predicted molar refractivity (Wildman–Crippen MR) is 83.6 cm³/mol. The molecule has 2 aliphatic rings. The Morgan fingerprint density at radius 1 is 1.00 bits per heavy atom. The quantitative estimate of drug-likeness (QED) is 0.809. The second-order valence-electron chi connectivity index (χ2n) is 7.21. The van der Waals surface area contributed by atoms with E-state index in [0.29, 0.717) is 0 Å². The van der Waals surface area contributed by atoms with Crippen molar-refractivity contribution in [2.24, 2.45) is 0 Å². The zero-order valence-electron chi connectivity index (χ0n) is 13.7. The molecule has 2 aliphatic heterocycles. The summed E-state index contributed by atoms with van der Waals surface area (Å²) in [7, 11) is 0. The van der Waals surface area contributed by atoms with Crippen LogP contribution in [0.3, 0.4) is 0 Å². The maximum atomic E-state index is 6.36. The summed E-state index contributed by atoms with van der Waals surface area (Å²) in [6.07, 6.45) is 4.45. The molecule has 0 spiro atoms. The second-order valence-corrected chi connectivity index (χ2v) is 7.21. The van der Waals surface area contributed by atoms with Crippen LogP contribution in [0.25, 0.3) is 0 Å². The first-order valence-corrected chi connectivity index (χ1v) is 8.13. The maximum Gasteiger partial charge on any atom is 0.177 e. The van der Waals surface area contributed by atoms with Crippen molar-refractivity contribution in [2.75, 3.05) is 6.61 Å². The molecule has 0 bridgehead atoms. The minimum Gasteiger partial charge on any atom is -0.351 e. The van der Waals surface area contributed by atoms with Gasteiger partial charge in [0.25, 0.3) is 0 Å². The molecule has 0 aliphatic carbocycles. The highest BCUT2D eigenvalue weighted by Gasteiger charge is 2.50. The molecule has 1 unspecified atom stereocenters. The van der Waals surface area contributed by atoms with Gasteiger partial charge in [0.15, 0.2) is 6.29 Å². The molecule has 21 heavy (non-hydrogen) atoms. The van der Waals surface area contributed by atoms with Crippen LogP contribution in [0, 0.1) is 0 Å². The van der Waals surface area contributed by atoms with E-state index in [-0.39, 0.29) is 17.4 Å². The highest BCUT2D eigenvalue weighted by atomic mass is 16.8. The van der Waals surface area contributed by atoms with E-state index in [4.69, 9.17) is 9.57 Å². The normalized spacial score (nSPS) is 28.1. The van der Waals surface area contributed by atoms with E-state index in [0.717, 1.165) is 19.4 Å². The third kappa shape index (κ3) is 2.52. The second kappa shape index (κ2) is 5.38. The lowest BCUT2D eigenvalue weighted by Crippen LogP contribution is -2.47. The number of hydrogen-bond donors (Lipinski definition) is 0. The lowest BCUT2D eigenvalue weighted by molar-refractivity contribution is -0.341. The van der Waals surface area contributed by atoms with Gasteiger partial charge >= 0.3 is 0 Å². The minimum absolute atomic E-state index is 0.111. The van der Waals surface area contributed by atoms with Crippen molar-refractivity contribution in [3.05, 3.63) is 35.4 Å². The smallest absolute Gasteiger partial charge is 0.177 e. The average Bonchev–Trinajstić information content (AvgIpc) is 2.67. The Balaban J connectivity index is 1.88. The number of nitrogens with zero attached hydrogens (tertiary/aromatic N) is 1. The largest absolute Gasteiger partial charge is 0.351 e. The number of fused-ring (bicyclic) bond motifs is 1. The molecule has 1 aromatic carbocycles. The molecule has 1 aromatic rings. The predicted octanol–water partition coefficient (Wildman–Crippen LogP) is 4.32. The summed E-state index contributed by atoms with van der Waals surface area (Å²) < 4.78 is 5.89. The molecule has 3 nitrogen and oxygen atoms in total. The molecule has 3 rings (SSSR count). The fourth-order valence-corrected chi connectivity index (χ4v) is 3.82. The maximum absolute atomic E-state index is 6.36. The Morgan fingerprint density at radius 2 is 1.62 bits per heavy atom. The molecule has 1 atom stereocenters. The van der Waals surface area contributed by atoms with Crippen molar-refractivity contribution in [3.63, 3.8) is 0 Å². The van der Waals surface area contributed by atoms with E-state index in [1.165, 1.54) is 24.0 Å². The van der Waals surface area contributed by atoms with Gasteiger partial charge < -0.3 is 4.74 Å². The molecular weight excluding hydrogens is 262 g/mol. The Morgan fingerprint density at radius 3 is 2.24 bits per heavy atom. The van der Waals surface area contributed by atoms with Gasteiger partial charge in [-0.25, -0.2) is 0 Å². The monoisotopic (exact) mass is 289 g/mol. The van der Waals surface area contributed by atoms with E-state index in [9.17, 15) is 0 Å². The van der Waals surface area contributed by atoms with Gasteiger partial charge in [-0.1, -0.05) is 30.7 Å². The van der Waals surface area contributed by atoms with E-state index >= 15 is 0 Å². The summed E-state index contributed by atoms with van der Waals surface area (Å²) in [5.41, 5.74) is 2.41. The minimum atomic E-state index is -0.143. The third-order valence-corrected chi connectivity index (χ3v) is 4.87.